The van der Waals surface area contributed by atoms with E-state index in [1.54, 1.807) is 0 Å². The van der Waals surface area contributed by atoms with Crippen molar-refractivity contribution in [2.45, 2.75) is 44.4 Å². The first kappa shape index (κ1) is 15.1. The maximum Gasteiger partial charge on any atom is 0.323 e. The zero-order chi connectivity index (χ0) is 13.5. The van der Waals surface area contributed by atoms with E-state index in [4.69, 9.17) is 5.11 Å². The highest BCUT2D eigenvalue weighted by atomic mass is 32.2. The Morgan fingerprint density at radius 2 is 2.17 bits per heavy atom. The van der Waals surface area contributed by atoms with Crippen molar-refractivity contribution in [3.05, 3.63) is 0 Å². The van der Waals surface area contributed by atoms with Gasteiger partial charge in [0.25, 0.3) is 0 Å². The first-order valence-corrected chi connectivity index (χ1v) is 7.43. The molecule has 1 saturated heterocycles. The number of carbonyl (C=O) groups excluding carboxylic acids is 1. The van der Waals surface area contributed by atoms with E-state index >= 15 is 0 Å². The third kappa shape index (κ3) is 5.16. The van der Waals surface area contributed by atoms with Crippen molar-refractivity contribution in [3.63, 3.8) is 0 Å². The molecular weight excluding hydrogens is 252 g/mol. The molecule has 2 amide bonds. The summed E-state index contributed by atoms with van der Waals surface area (Å²) in [5.74, 6) is 0.176. The van der Waals surface area contributed by atoms with Crippen LogP contribution in [0, 0.1) is 0 Å². The predicted molar refractivity (Wildman–Crippen MR) is 73.0 cm³/mol. The third-order valence-corrected chi connectivity index (χ3v) is 4.34. The SMILES string of the molecule is CC(C)N(CC(=O)O)C(=O)NCC1CCCCS1. The molecule has 1 aliphatic heterocycles. The quantitative estimate of drug-likeness (QED) is 0.801. The van der Waals surface area contributed by atoms with Gasteiger partial charge in [-0.2, -0.15) is 11.8 Å². The molecule has 0 aromatic heterocycles. The molecule has 1 aliphatic rings. The van der Waals surface area contributed by atoms with E-state index in [1.165, 1.54) is 17.7 Å². The average molecular weight is 274 g/mol. The molecule has 0 aromatic rings. The van der Waals surface area contributed by atoms with Crippen LogP contribution < -0.4 is 5.32 Å². The minimum Gasteiger partial charge on any atom is -0.480 e. The highest BCUT2D eigenvalue weighted by molar-refractivity contribution is 7.99. The summed E-state index contributed by atoms with van der Waals surface area (Å²) in [6.07, 6.45) is 3.61. The molecule has 18 heavy (non-hydrogen) atoms. The van der Waals surface area contributed by atoms with Crippen molar-refractivity contribution in [1.82, 2.24) is 10.2 Å². The van der Waals surface area contributed by atoms with E-state index in [9.17, 15) is 9.59 Å². The number of hydrogen-bond donors (Lipinski definition) is 2. The van der Waals surface area contributed by atoms with Gasteiger partial charge in [0.15, 0.2) is 0 Å². The molecule has 104 valence electrons. The molecule has 1 heterocycles. The van der Waals surface area contributed by atoms with Gasteiger partial charge in [-0.25, -0.2) is 4.79 Å². The lowest BCUT2D eigenvalue weighted by Crippen LogP contribution is -2.48. The molecule has 1 unspecified atom stereocenters. The molecule has 1 fully saturated rings. The van der Waals surface area contributed by atoms with Crippen molar-refractivity contribution in [2.24, 2.45) is 0 Å². The van der Waals surface area contributed by atoms with Gasteiger partial charge in [0.2, 0.25) is 0 Å². The summed E-state index contributed by atoms with van der Waals surface area (Å²) in [7, 11) is 0. The van der Waals surface area contributed by atoms with Crippen molar-refractivity contribution in [3.8, 4) is 0 Å². The number of amides is 2. The summed E-state index contributed by atoms with van der Waals surface area (Å²) in [5, 5.41) is 12.1. The van der Waals surface area contributed by atoms with Gasteiger partial charge in [0.05, 0.1) is 0 Å². The summed E-state index contributed by atoms with van der Waals surface area (Å²) in [6.45, 7) is 4.02. The number of aliphatic carboxylic acids is 1. The summed E-state index contributed by atoms with van der Waals surface area (Å²) in [5.41, 5.74) is 0. The molecule has 5 nitrogen and oxygen atoms in total. The van der Waals surface area contributed by atoms with Gasteiger partial charge in [0, 0.05) is 17.8 Å². The third-order valence-electron chi connectivity index (χ3n) is 2.94. The Balaban J connectivity index is 2.38. The minimum atomic E-state index is -0.981. The Kier molecular flexibility index (Phi) is 6.32. The Labute approximate surface area is 112 Å². The topological polar surface area (TPSA) is 69.6 Å². The molecule has 2 N–H and O–H groups in total. The lowest BCUT2D eigenvalue weighted by Gasteiger charge is -2.27. The normalized spacial score (nSPS) is 19.6. The fraction of sp³-hybridized carbons (Fsp3) is 0.833. The number of carboxylic acid groups (broad SMARTS) is 1. The fourth-order valence-electron chi connectivity index (χ4n) is 1.91. The number of hydrogen-bond acceptors (Lipinski definition) is 3. The van der Waals surface area contributed by atoms with Crippen LogP contribution in [0.3, 0.4) is 0 Å². The van der Waals surface area contributed by atoms with Crippen LogP contribution in [0.4, 0.5) is 4.79 Å². The number of carboxylic acids is 1. The zero-order valence-corrected chi connectivity index (χ0v) is 11.8. The van der Waals surface area contributed by atoms with Gasteiger partial charge in [-0.1, -0.05) is 6.42 Å². The largest absolute Gasteiger partial charge is 0.480 e. The van der Waals surface area contributed by atoms with Gasteiger partial charge in [-0.15, -0.1) is 0 Å². The second-order valence-corrected chi connectivity index (χ2v) is 6.20. The summed E-state index contributed by atoms with van der Waals surface area (Å²) >= 11 is 1.89. The molecular formula is C12H22N2O3S. The Morgan fingerprint density at radius 3 is 2.67 bits per heavy atom. The number of rotatable bonds is 5. The Morgan fingerprint density at radius 1 is 1.44 bits per heavy atom. The van der Waals surface area contributed by atoms with Gasteiger partial charge in [0.1, 0.15) is 6.54 Å². The van der Waals surface area contributed by atoms with Gasteiger partial charge >= 0.3 is 12.0 Å². The number of thioether (sulfide) groups is 1. The second kappa shape index (κ2) is 7.51. The Bertz CT molecular complexity index is 291. The Hall–Kier alpha value is -0.910. The van der Waals surface area contributed by atoms with Crippen LogP contribution in [0.5, 0.6) is 0 Å². The van der Waals surface area contributed by atoms with Crippen molar-refractivity contribution in [1.29, 1.82) is 0 Å². The molecule has 0 aliphatic carbocycles. The van der Waals surface area contributed by atoms with Crippen LogP contribution in [0.1, 0.15) is 33.1 Å². The van der Waals surface area contributed by atoms with Crippen LogP contribution in [0.2, 0.25) is 0 Å². The summed E-state index contributed by atoms with van der Waals surface area (Å²) < 4.78 is 0. The van der Waals surface area contributed by atoms with E-state index in [1.807, 2.05) is 25.6 Å². The van der Waals surface area contributed by atoms with Crippen molar-refractivity contribution in [2.75, 3.05) is 18.8 Å². The number of nitrogens with zero attached hydrogens (tertiary/aromatic N) is 1. The molecule has 0 spiro atoms. The first-order chi connectivity index (χ1) is 8.50. The number of nitrogens with one attached hydrogen (secondary N) is 1. The smallest absolute Gasteiger partial charge is 0.323 e. The molecule has 1 atom stereocenters. The van der Waals surface area contributed by atoms with E-state index < -0.39 is 5.97 Å². The molecule has 1 rings (SSSR count). The average Bonchev–Trinajstić information content (AvgIpc) is 2.34. The van der Waals surface area contributed by atoms with Crippen LogP contribution in [-0.2, 0) is 4.79 Å². The van der Waals surface area contributed by atoms with Gasteiger partial charge in [-0.3, -0.25) is 4.79 Å². The first-order valence-electron chi connectivity index (χ1n) is 6.38. The summed E-state index contributed by atoms with van der Waals surface area (Å²) in [6, 6.07) is -0.390. The molecule has 0 saturated carbocycles. The van der Waals surface area contributed by atoms with Crippen molar-refractivity contribution < 1.29 is 14.7 Å². The number of carbonyl (C=O) groups is 2. The number of urea groups is 1. The van der Waals surface area contributed by atoms with E-state index in [-0.39, 0.29) is 18.6 Å². The maximum absolute atomic E-state index is 11.9. The minimum absolute atomic E-state index is 0.111. The highest BCUT2D eigenvalue weighted by Crippen LogP contribution is 2.24. The second-order valence-electron chi connectivity index (χ2n) is 4.79. The highest BCUT2D eigenvalue weighted by Gasteiger charge is 2.21. The fourth-order valence-corrected chi connectivity index (χ4v) is 3.14. The molecule has 0 aromatic carbocycles. The molecule has 0 bridgehead atoms. The lowest BCUT2D eigenvalue weighted by molar-refractivity contribution is -0.138. The zero-order valence-electron chi connectivity index (χ0n) is 11.0. The van der Waals surface area contributed by atoms with Crippen molar-refractivity contribution >= 4 is 23.8 Å². The van der Waals surface area contributed by atoms with Gasteiger partial charge < -0.3 is 15.3 Å². The van der Waals surface area contributed by atoms with E-state index in [0.29, 0.717) is 11.8 Å². The predicted octanol–water partition coefficient (Wildman–Crippen LogP) is 1.78. The van der Waals surface area contributed by atoms with E-state index in [2.05, 4.69) is 5.32 Å². The summed E-state index contributed by atoms with van der Waals surface area (Å²) in [4.78, 5) is 23.9. The standard InChI is InChI=1S/C12H22N2O3S/c1-9(2)14(8-11(15)16)12(17)13-7-10-5-3-4-6-18-10/h9-10H,3-8H2,1-2H3,(H,13,17)(H,15,16). The lowest BCUT2D eigenvalue weighted by atomic mass is 10.2. The van der Waals surface area contributed by atoms with Crippen LogP contribution in [0.25, 0.3) is 0 Å². The van der Waals surface area contributed by atoms with Crippen LogP contribution >= 0.6 is 11.8 Å². The van der Waals surface area contributed by atoms with Crippen LogP contribution in [0.15, 0.2) is 0 Å². The maximum atomic E-state index is 11.9. The molecule has 6 heteroatoms. The van der Waals surface area contributed by atoms with Crippen LogP contribution in [-0.4, -0.2) is 52.1 Å². The van der Waals surface area contributed by atoms with E-state index in [0.717, 1.165) is 12.2 Å². The van der Waals surface area contributed by atoms with Gasteiger partial charge in [-0.05, 0) is 32.4 Å². The monoisotopic (exact) mass is 274 g/mol. The molecule has 0 radical (unpaired) electrons.